The van der Waals surface area contributed by atoms with Crippen molar-refractivity contribution in [2.24, 2.45) is 11.3 Å². The molecule has 1 aromatic heterocycles. The molecule has 0 bridgehead atoms. The molecule has 1 aromatic rings. The van der Waals surface area contributed by atoms with Crippen molar-refractivity contribution in [3.8, 4) is 0 Å². The number of piperazine rings is 1. The molecule has 6 nitrogen and oxygen atoms in total. The molecule has 6 heteroatoms. The Morgan fingerprint density at radius 2 is 1.89 bits per heavy atom. The summed E-state index contributed by atoms with van der Waals surface area (Å²) in [6.07, 6.45) is 1.20. The summed E-state index contributed by atoms with van der Waals surface area (Å²) in [5.41, 5.74) is 1.21. The molecule has 1 aliphatic heterocycles. The zero-order valence-corrected chi connectivity index (χ0v) is 17.4. The van der Waals surface area contributed by atoms with Gasteiger partial charge in [-0.15, -0.1) is 0 Å². The van der Waals surface area contributed by atoms with Crippen LogP contribution in [0.25, 0.3) is 0 Å². The summed E-state index contributed by atoms with van der Waals surface area (Å²) in [6.45, 7) is 14.0. The van der Waals surface area contributed by atoms with Crippen LogP contribution in [0.2, 0.25) is 0 Å². The van der Waals surface area contributed by atoms with Gasteiger partial charge < -0.3 is 19.5 Å². The van der Waals surface area contributed by atoms with Gasteiger partial charge in [0.05, 0.1) is 5.56 Å². The first-order valence-corrected chi connectivity index (χ1v) is 10.0. The first-order valence-electron chi connectivity index (χ1n) is 10.0. The Hall–Kier alpha value is -1.66. The van der Waals surface area contributed by atoms with Gasteiger partial charge in [-0.2, -0.15) is 0 Å². The average Bonchev–Trinajstić information content (AvgIpc) is 2.90. The van der Waals surface area contributed by atoms with Crippen molar-refractivity contribution >= 4 is 11.7 Å². The topological polar surface area (TPSA) is 65.8 Å². The fourth-order valence-corrected chi connectivity index (χ4v) is 4.18. The number of carbonyl (C=O) groups excluding carboxylic acids is 2. The number of likely N-dealkylation sites (N-methyl/N-ethyl adjacent to an activating group) is 1. The summed E-state index contributed by atoms with van der Waals surface area (Å²) in [4.78, 5) is 29.9. The van der Waals surface area contributed by atoms with Crippen molar-refractivity contribution in [2.75, 3.05) is 46.3 Å². The van der Waals surface area contributed by atoms with Gasteiger partial charge in [-0.25, -0.2) is 0 Å². The molecule has 1 atom stereocenters. The van der Waals surface area contributed by atoms with Crippen molar-refractivity contribution < 1.29 is 14.0 Å². The molecule has 1 fully saturated rings. The molecular weight excluding hydrogens is 342 g/mol. The van der Waals surface area contributed by atoms with E-state index in [2.05, 4.69) is 42.9 Å². The van der Waals surface area contributed by atoms with Crippen molar-refractivity contribution in [2.45, 2.75) is 40.5 Å². The standard InChI is InChI=1S/C21H33N3O3/c1-14(13-24-8-6-23(5)7-9-24)12-22-20(26)19-15(2)18-16(25)10-21(3,4)11-17(18)27-19/h14H,6-13H2,1-5H3,(H,22,26). The summed E-state index contributed by atoms with van der Waals surface area (Å²) in [6, 6.07) is 0. The number of hydrogen-bond donors (Lipinski definition) is 1. The summed E-state index contributed by atoms with van der Waals surface area (Å²) in [7, 11) is 2.15. The molecule has 0 radical (unpaired) electrons. The van der Waals surface area contributed by atoms with Gasteiger partial charge in [0, 0.05) is 57.7 Å². The van der Waals surface area contributed by atoms with Gasteiger partial charge in [-0.3, -0.25) is 9.59 Å². The molecule has 0 aromatic carbocycles. The maximum absolute atomic E-state index is 12.7. The van der Waals surface area contributed by atoms with Crippen LogP contribution in [0.4, 0.5) is 0 Å². The van der Waals surface area contributed by atoms with Crippen LogP contribution in [0.1, 0.15) is 59.4 Å². The Labute approximate surface area is 162 Å². The summed E-state index contributed by atoms with van der Waals surface area (Å²) >= 11 is 0. The van der Waals surface area contributed by atoms with Gasteiger partial charge in [-0.1, -0.05) is 20.8 Å². The number of nitrogens with one attached hydrogen (secondary N) is 1. The number of furan rings is 1. The molecule has 0 spiro atoms. The number of nitrogens with zero attached hydrogens (tertiary/aromatic N) is 2. The van der Waals surface area contributed by atoms with Crippen LogP contribution < -0.4 is 5.32 Å². The minimum absolute atomic E-state index is 0.0879. The van der Waals surface area contributed by atoms with Crippen molar-refractivity contribution in [3.63, 3.8) is 0 Å². The number of ketones is 1. The molecule has 1 saturated heterocycles. The van der Waals surface area contributed by atoms with E-state index in [-0.39, 0.29) is 17.1 Å². The largest absolute Gasteiger partial charge is 0.455 e. The highest BCUT2D eigenvalue weighted by Crippen LogP contribution is 2.38. The van der Waals surface area contributed by atoms with E-state index in [0.717, 1.165) is 32.7 Å². The second-order valence-corrected chi connectivity index (χ2v) is 9.21. The third-order valence-corrected chi connectivity index (χ3v) is 5.76. The molecule has 2 heterocycles. The fraction of sp³-hybridized carbons (Fsp3) is 0.714. The predicted octanol–water partition coefficient (Wildman–Crippen LogP) is 2.36. The van der Waals surface area contributed by atoms with Crippen LogP contribution in [-0.4, -0.2) is 67.8 Å². The summed E-state index contributed by atoms with van der Waals surface area (Å²) in [5.74, 6) is 1.22. The fourth-order valence-electron chi connectivity index (χ4n) is 4.18. The quantitative estimate of drug-likeness (QED) is 0.856. The monoisotopic (exact) mass is 375 g/mol. The maximum Gasteiger partial charge on any atom is 0.287 e. The van der Waals surface area contributed by atoms with E-state index >= 15 is 0 Å². The Balaban J connectivity index is 1.58. The molecule has 1 aliphatic carbocycles. The Morgan fingerprint density at radius 3 is 2.56 bits per heavy atom. The Morgan fingerprint density at radius 1 is 1.22 bits per heavy atom. The van der Waals surface area contributed by atoms with E-state index < -0.39 is 0 Å². The molecule has 2 aliphatic rings. The highest BCUT2D eigenvalue weighted by molar-refractivity contribution is 6.03. The third kappa shape index (κ3) is 4.61. The molecular formula is C21H33N3O3. The summed E-state index contributed by atoms with van der Waals surface area (Å²) in [5, 5.41) is 3.00. The zero-order chi connectivity index (χ0) is 19.8. The second kappa shape index (κ2) is 7.76. The smallest absolute Gasteiger partial charge is 0.287 e. The first-order chi connectivity index (χ1) is 12.7. The number of amides is 1. The zero-order valence-electron chi connectivity index (χ0n) is 17.4. The van der Waals surface area contributed by atoms with Crippen molar-refractivity contribution in [1.82, 2.24) is 15.1 Å². The van der Waals surface area contributed by atoms with Crippen LogP contribution in [0.3, 0.4) is 0 Å². The lowest BCUT2D eigenvalue weighted by molar-refractivity contribution is 0.0883. The second-order valence-electron chi connectivity index (χ2n) is 9.21. The molecule has 1 N–H and O–H groups in total. The SMILES string of the molecule is Cc1c(C(=O)NCC(C)CN2CCN(C)CC2)oc2c1C(=O)CC(C)(C)C2. The Kier molecular flexibility index (Phi) is 5.77. The Bertz CT molecular complexity index is 714. The lowest BCUT2D eigenvalue weighted by Gasteiger charge is -2.33. The van der Waals surface area contributed by atoms with E-state index in [1.165, 1.54) is 0 Å². The van der Waals surface area contributed by atoms with Crippen molar-refractivity contribution in [1.29, 1.82) is 0 Å². The molecule has 150 valence electrons. The molecule has 1 amide bonds. The van der Waals surface area contributed by atoms with Gasteiger partial charge in [0.1, 0.15) is 5.76 Å². The predicted molar refractivity (Wildman–Crippen MR) is 105 cm³/mol. The number of rotatable bonds is 5. The minimum atomic E-state index is -0.210. The van der Waals surface area contributed by atoms with Crippen LogP contribution in [-0.2, 0) is 6.42 Å². The molecule has 1 unspecified atom stereocenters. The normalized spacial score (nSPS) is 21.7. The van der Waals surface area contributed by atoms with E-state index in [1.54, 1.807) is 0 Å². The van der Waals surface area contributed by atoms with Crippen LogP contribution >= 0.6 is 0 Å². The van der Waals surface area contributed by atoms with Crippen LogP contribution in [0.5, 0.6) is 0 Å². The highest BCUT2D eigenvalue weighted by atomic mass is 16.4. The number of carbonyl (C=O) groups is 2. The van der Waals surface area contributed by atoms with Gasteiger partial charge >= 0.3 is 0 Å². The van der Waals surface area contributed by atoms with Crippen LogP contribution in [0, 0.1) is 18.3 Å². The maximum atomic E-state index is 12.7. The summed E-state index contributed by atoms with van der Waals surface area (Å²) < 4.78 is 5.85. The van der Waals surface area contributed by atoms with Gasteiger partial charge in [0.15, 0.2) is 11.5 Å². The average molecular weight is 376 g/mol. The number of hydrogen-bond acceptors (Lipinski definition) is 5. The number of fused-ring (bicyclic) bond motifs is 1. The third-order valence-electron chi connectivity index (χ3n) is 5.76. The minimum Gasteiger partial charge on any atom is -0.455 e. The molecule has 0 saturated carbocycles. The molecule has 3 rings (SSSR count). The number of Topliss-reactive ketones (excluding diaryl/α,β-unsaturated/α-hetero) is 1. The van der Waals surface area contributed by atoms with Gasteiger partial charge in [0.25, 0.3) is 5.91 Å². The first kappa shape index (κ1) is 20.1. The highest BCUT2D eigenvalue weighted by Gasteiger charge is 2.37. The van der Waals surface area contributed by atoms with Crippen molar-refractivity contribution in [3.05, 3.63) is 22.6 Å². The molecule has 27 heavy (non-hydrogen) atoms. The van der Waals surface area contributed by atoms with E-state index in [0.29, 0.717) is 48.0 Å². The van der Waals surface area contributed by atoms with Gasteiger partial charge in [0.2, 0.25) is 0 Å². The van der Waals surface area contributed by atoms with Crippen LogP contribution in [0.15, 0.2) is 4.42 Å². The lowest BCUT2D eigenvalue weighted by Crippen LogP contribution is -2.46. The van der Waals surface area contributed by atoms with E-state index in [1.807, 2.05) is 6.92 Å². The van der Waals surface area contributed by atoms with Gasteiger partial charge in [-0.05, 0) is 25.3 Å². The van der Waals surface area contributed by atoms with E-state index in [9.17, 15) is 9.59 Å². The lowest BCUT2D eigenvalue weighted by atomic mass is 9.76. The van der Waals surface area contributed by atoms with E-state index in [4.69, 9.17) is 4.42 Å².